The molecule has 53 heavy (non-hydrogen) atoms. The number of carboxylic acids is 1. The highest BCUT2D eigenvalue weighted by atomic mass is 31.1. The fourth-order valence-corrected chi connectivity index (χ4v) is 6.34. The van der Waals surface area contributed by atoms with Gasteiger partial charge < -0.3 is 40.6 Å². The number of ether oxygens (including phenoxy) is 2. The highest BCUT2D eigenvalue weighted by molar-refractivity contribution is 7.32. The molecule has 0 spiro atoms. The lowest BCUT2D eigenvalue weighted by molar-refractivity contribution is -0.182. The SMILES string of the molecule is CCCCCCCCCCCCCCCC(=O)OC([C@H](CO)OC(=O)CCCCCCCCCCCCCCC)[C@@](C)(N)C(=O)O.NCCO[PH](=O)O. The van der Waals surface area contributed by atoms with Crippen LogP contribution in [0.4, 0.5) is 0 Å². The van der Waals surface area contributed by atoms with Crippen LogP contribution in [0.2, 0.25) is 0 Å². The number of rotatable bonds is 37. The Balaban J connectivity index is 0. The molecule has 0 aliphatic rings. The van der Waals surface area contributed by atoms with E-state index in [4.69, 9.17) is 25.8 Å². The molecule has 0 heterocycles. The van der Waals surface area contributed by atoms with Crippen molar-refractivity contribution in [2.24, 2.45) is 11.5 Å². The number of aliphatic hydroxyl groups is 1. The zero-order valence-electron chi connectivity index (χ0n) is 33.9. The van der Waals surface area contributed by atoms with Gasteiger partial charge in [-0.1, -0.05) is 168 Å². The third-order valence-electron chi connectivity index (χ3n) is 9.42. The first-order valence-corrected chi connectivity index (χ1v) is 22.3. The minimum atomic E-state index is -2.73. The molecular weight excluding hydrogens is 699 g/mol. The summed E-state index contributed by atoms with van der Waals surface area (Å²) in [5.74, 6) is -2.56. The van der Waals surface area contributed by atoms with Crippen molar-refractivity contribution in [1.82, 2.24) is 0 Å². The summed E-state index contributed by atoms with van der Waals surface area (Å²) >= 11 is 0. The van der Waals surface area contributed by atoms with Crippen LogP contribution in [0.1, 0.15) is 201 Å². The van der Waals surface area contributed by atoms with E-state index in [1.165, 1.54) is 122 Å². The summed E-state index contributed by atoms with van der Waals surface area (Å²) < 4.78 is 24.7. The fraction of sp³-hybridized carbons (Fsp3) is 0.925. The van der Waals surface area contributed by atoms with Crippen LogP contribution < -0.4 is 11.5 Å². The molecule has 2 unspecified atom stereocenters. The summed E-state index contributed by atoms with van der Waals surface area (Å²) in [6.45, 7) is 5.44. The summed E-state index contributed by atoms with van der Waals surface area (Å²) in [6, 6.07) is 0. The zero-order chi connectivity index (χ0) is 40.0. The largest absolute Gasteiger partial charge is 0.480 e. The second-order valence-corrected chi connectivity index (χ2v) is 15.4. The van der Waals surface area contributed by atoms with Crippen molar-refractivity contribution in [3.63, 3.8) is 0 Å². The molecule has 0 fully saturated rings. The highest BCUT2D eigenvalue weighted by Gasteiger charge is 2.47. The molecule has 0 saturated carbocycles. The number of esters is 2. The van der Waals surface area contributed by atoms with E-state index in [9.17, 15) is 29.2 Å². The van der Waals surface area contributed by atoms with Crippen molar-refractivity contribution in [2.75, 3.05) is 19.8 Å². The smallest absolute Gasteiger partial charge is 0.327 e. The summed E-state index contributed by atoms with van der Waals surface area (Å²) in [4.78, 5) is 45.1. The number of carboxylic acid groups (broad SMARTS) is 1. The van der Waals surface area contributed by atoms with E-state index in [0.717, 1.165) is 38.5 Å². The van der Waals surface area contributed by atoms with E-state index in [1.807, 2.05) is 0 Å². The summed E-state index contributed by atoms with van der Waals surface area (Å²) in [7, 11) is -2.73. The fourth-order valence-electron chi connectivity index (χ4n) is 6.05. The lowest BCUT2D eigenvalue weighted by Gasteiger charge is -2.34. The second-order valence-electron chi connectivity index (χ2n) is 14.6. The van der Waals surface area contributed by atoms with E-state index in [2.05, 4.69) is 18.4 Å². The Morgan fingerprint density at radius 2 is 0.943 bits per heavy atom. The van der Waals surface area contributed by atoms with Crippen molar-refractivity contribution < 1.29 is 48.1 Å². The molecule has 4 atom stereocenters. The zero-order valence-corrected chi connectivity index (χ0v) is 34.9. The maximum Gasteiger partial charge on any atom is 0.327 e. The quantitative estimate of drug-likeness (QED) is 0.0227. The van der Waals surface area contributed by atoms with Crippen molar-refractivity contribution in [2.45, 2.75) is 218 Å². The number of nitrogens with two attached hydrogens (primary N) is 2. The van der Waals surface area contributed by atoms with Crippen LogP contribution in [0, 0.1) is 0 Å². The molecule has 0 rings (SSSR count). The predicted molar refractivity (Wildman–Crippen MR) is 214 cm³/mol. The van der Waals surface area contributed by atoms with E-state index in [-0.39, 0.29) is 26.0 Å². The summed E-state index contributed by atoms with van der Waals surface area (Å²) in [5, 5.41) is 19.7. The van der Waals surface area contributed by atoms with Crippen LogP contribution in [0.15, 0.2) is 0 Å². The normalized spacial score (nSPS) is 14.0. The van der Waals surface area contributed by atoms with Gasteiger partial charge in [-0.15, -0.1) is 0 Å². The first-order chi connectivity index (χ1) is 25.5. The van der Waals surface area contributed by atoms with E-state index >= 15 is 0 Å². The Labute approximate surface area is 323 Å². The van der Waals surface area contributed by atoms with E-state index in [0.29, 0.717) is 12.8 Å². The molecule has 316 valence electrons. The molecule has 12 nitrogen and oxygen atoms in total. The topological polar surface area (TPSA) is 209 Å². The van der Waals surface area contributed by atoms with Crippen LogP contribution in [0.5, 0.6) is 0 Å². The van der Waals surface area contributed by atoms with Crippen molar-refractivity contribution in [3.05, 3.63) is 0 Å². The number of hydrogen-bond donors (Lipinski definition) is 5. The van der Waals surface area contributed by atoms with Crippen LogP contribution in [-0.4, -0.2) is 70.5 Å². The summed E-state index contributed by atoms with van der Waals surface area (Å²) in [5.41, 5.74) is 8.91. The molecule has 0 amide bonds. The Hall–Kier alpha value is -1.56. The van der Waals surface area contributed by atoms with Gasteiger partial charge in [0, 0.05) is 19.4 Å². The molecule has 0 bridgehead atoms. The third kappa shape index (κ3) is 34.7. The Morgan fingerprint density at radius 1 is 0.623 bits per heavy atom. The number of aliphatic hydroxyl groups excluding tert-OH is 1. The Morgan fingerprint density at radius 3 is 1.21 bits per heavy atom. The van der Waals surface area contributed by atoms with Gasteiger partial charge in [-0.05, 0) is 19.8 Å². The highest BCUT2D eigenvalue weighted by Crippen LogP contribution is 2.21. The molecule has 7 N–H and O–H groups in total. The first kappa shape index (κ1) is 53.5. The standard InChI is InChI=1S/C38H73NO7.C2H8NO3P/c1-4-6-8-10-12-14-16-18-20-22-24-26-28-30-34(41)45-33(32-40)36(38(3,39)37(43)44)46-35(42)31-29-27-25-23-21-19-17-15-13-11-9-7-5-2;3-1-2-6-7(4)5/h33,36,40H,4-32,39H2,1-3H3,(H,43,44);7H,1-3H2,(H,4,5)/t33-,36?,38+;/m0./s1. The van der Waals surface area contributed by atoms with Crippen molar-refractivity contribution >= 4 is 26.2 Å². The lowest BCUT2D eigenvalue weighted by Crippen LogP contribution is -2.62. The molecule has 0 aromatic carbocycles. The van der Waals surface area contributed by atoms with Gasteiger partial charge in [0.25, 0.3) is 0 Å². The van der Waals surface area contributed by atoms with E-state index < -0.39 is 50.5 Å². The Kier molecular flexibility index (Phi) is 39.1. The van der Waals surface area contributed by atoms with Gasteiger partial charge in [-0.2, -0.15) is 0 Å². The molecular formula is C40H81N2O10P. The molecule has 13 heteroatoms. The lowest BCUT2D eigenvalue weighted by atomic mass is 9.91. The molecule has 0 aliphatic heterocycles. The van der Waals surface area contributed by atoms with Gasteiger partial charge in [-0.3, -0.25) is 18.9 Å². The third-order valence-corrected chi connectivity index (χ3v) is 9.87. The first-order valence-electron chi connectivity index (χ1n) is 21.1. The minimum Gasteiger partial charge on any atom is -0.480 e. The predicted octanol–water partition coefficient (Wildman–Crippen LogP) is 8.91. The second kappa shape index (κ2) is 38.7. The number of carbonyl (C=O) groups excluding carboxylic acids is 2. The average molecular weight is 781 g/mol. The molecule has 0 aromatic heterocycles. The maximum atomic E-state index is 12.6. The monoisotopic (exact) mass is 781 g/mol. The Bertz CT molecular complexity index is 894. The molecule has 0 aliphatic carbocycles. The van der Waals surface area contributed by atoms with Gasteiger partial charge in [0.1, 0.15) is 0 Å². The van der Waals surface area contributed by atoms with Gasteiger partial charge in [0.2, 0.25) is 0 Å². The molecule has 0 aromatic rings. The van der Waals surface area contributed by atoms with Crippen LogP contribution in [0.25, 0.3) is 0 Å². The van der Waals surface area contributed by atoms with Crippen LogP contribution in [-0.2, 0) is 32.9 Å². The summed E-state index contributed by atoms with van der Waals surface area (Å²) in [6.07, 6.45) is 28.3. The van der Waals surface area contributed by atoms with Gasteiger partial charge in [0.15, 0.2) is 17.7 Å². The number of hydrogen-bond acceptors (Lipinski definition) is 10. The van der Waals surface area contributed by atoms with Gasteiger partial charge >= 0.3 is 26.2 Å². The number of unbranched alkanes of at least 4 members (excludes halogenated alkanes) is 24. The maximum absolute atomic E-state index is 12.6. The van der Waals surface area contributed by atoms with Crippen LogP contribution in [0.3, 0.4) is 0 Å². The van der Waals surface area contributed by atoms with Crippen molar-refractivity contribution in [3.8, 4) is 0 Å². The van der Waals surface area contributed by atoms with Crippen LogP contribution >= 0.6 is 8.25 Å². The molecule has 0 saturated heterocycles. The van der Waals surface area contributed by atoms with Crippen molar-refractivity contribution in [1.29, 1.82) is 0 Å². The average Bonchev–Trinajstić information content (AvgIpc) is 3.12. The minimum absolute atomic E-state index is 0.120. The number of aliphatic carboxylic acids is 1. The van der Waals surface area contributed by atoms with E-state index in [1.54, 1.807) is 0 Å². The van der Waals surface area contributed by atoms with Gasteiger partial charge in [0.05, 0.1) is 13.2 Å². The number of carbonyl (C=O) groups is 3. The van der Waals surface area contributed by atoms with Gasteiger partial charge in [-0.25, -0.2) is 0 Å². The molecule has 0 radical (unpaired) electrons.